The van der Waals surface area contributed by atoms with Gasteiger partial charge in [-0.15, -0.1) is 0 Å². The number of hydrogen-bond donors (Lipinski definition) is 2. The molecule has 0 unspecified atom stereocenters. The van der Waals surface area contributed by atoms with Crippen LogP contribution in [0.15, 0.2) is 58.1 Å². The molecule has 2 aromatic carbocycles. The largest absolute Gasteiger partial charge is 0.328 e. The van der Waals surface area contributed by atoms with Gasteiger partial charge in [-0.2, -0.15) is 0 Å². The van der Waals surface area contributed by atoms with Gasteiger partial charge >= 0.3 is 5.69 Å². The number of rotatable bonds is 7. The Balaban J connectivity index is 1.34. The Labute approximate surface area is 191 Å². The number of carbonyl (C=O) groups is 1. The van der Waals surface area contributed by atoms with Crippen LogP contribution in [-0.4, -0.2) is 54.5 Å². The Hall–Kier alpha value is -3.24. The van der Waals surface area contributed by atoms with Crippen molar-refractivity contribution in [3.05, 3.63) is 74.9 Å². The van der Waals surface area contributed by atoms with Crippen molar-refractivity contribution < 1.29 is 13.2 Å². The number of hydrogen-bond acceptors (Lipinski definition) is 6. The monoisotopic (exact) mass is 470 g/mol. The maximum Gasteiger partial charge on any atom is 0.328 e. The number of ketones is 1. The second-order valence-electron chi connectivity index (χ2n) is 8.36. The van der Waals surface area contributed by atoms with Crippen LogP contribution in [0.4, 0.5) is 5.69 Å². The molecule has 9 nitrogen and oxygen atoms in total. The van der Waals surface area contributed by atoms with Crippen LogP contribution in [0.25, 0.3) is 10.9 Å². The highest BCUT2D eigenvalue weighted by Crippen LogP contribution is 2.23. The van der Waals surface area contributed by atoms with E-state index in [1.165, 1.54) is 4.57 Å². The lowest BCUT2D eigenvalue weighted by Crippen LogP contribution is -2.42. The summed E-state index contributed by atoms with van der Waals surface area (Å²) in [5.41, 5.74) is 0.790. The number of anilines is 1. The van der Waals surface area contributed by atoms with Gasteiger partial charge in [0.15, 0.2) is 5.78 Å². The molecule has 0 aliphatic carbocycles. The first-order valence-electron chi connectivity index (χ1n) is 10.8. The van der Waals surface area contributed by atoms with Crippen molar-refractivity contribution in [2.45, 2.75) is 19.4 Å². The molecule has 0 spiro atoms. The van der Waals surface area contributed by atoms with Crippen LogP contribution in [0.2, 0.25) is 0 Å². The number of aromatic amines is 1. The van der Waals surface area contributed by atoms with Gasteiger partial charge in [0.2, 0.25) is 10.0 Å². The minimum atomic E-state index is -3.36. The maximum absolute atomic E-state index is 12.8. The number of fused-ring (bicyclic) bond motifs is 1. The number of H-pyrrole nitrogens is 1. The zero-order valence-corrected chi connectivity index (χ0v) is 19.1. The van der Waals surface area contributed by atoms with Crippen molar-refractivity contribution in [1.82, 2.24) is 14.5 Å². The van der Waals surface area contributed by atoms with E-state index in [2.05, 4.69) is 14.6 Å². The van der Waals surface area contributed by atoms with Crippen molar-refractivity contribution in [1.29, 1.82) is 0 Å². The van der Waals surface area contributed by atoms with Gasteiger partial charge < -0.3 is 9.88 Å². The van der Waals surface area contributed by atoms with Gasteiger partial charge in [-0.3, -0.25) is 18.9 Å². The van der Waals surface area contributed by atoms with Gasteiger partial charge in [-0.1, -0.05) is 12.1 Å². The fourth-order valence-electron chi connectivity index (χ4n) is 4.21. The van der Waals surface area contributed by atoms with Gasteiger partial charge in [0.1, 0.15) is 0 Å². The van der Waals surface area contributed by atoms with Gasteiger partial charge in [0.25, 0.3) is 5.56 Å². The normalized spacial score (nSPS) is 15.5. The van der Waals surface area contributed by atoms with Crippen molar-refractivity contribution in [3.8, 4) is 0 Å². The summed E-state index contributed by atoms with van der Waals surface area (Å²) < 4.78 is 26.2. The molecule has 0 saturated carbocycles. The van der Waals surface area contributed by atoms with E-state index in [0.717, 1.165) is 6.26 Å². The first-order valence-corrected chi connectivity index (χ1v) is 12.7. The summed E-state index contributed by atoms with van der Waals surface area (Å²) >= 11 is 0. The van der Waals surface area contributed by atoms with Crippen LogP contribution in [0.3, 0.4) is 0 Å². The second-order valence-corrected chi connectivity index (χ2v) is 10.1. The number of carbonyl (C=O) groups excluding carboxylic acids is 1. The second kappa shape index (κ2) is 9.32. The average molecular weight is 471 g/mol. The average Bonchev–Trinajstić information content (AvgIpc) is 2.78. The number of nitrogens with zero attached hydrogens (tertiary/aromatic N) is 2. The Morgan fingerprint density at radius 2 is 1.70 bits per heavy atom. The molecular weight excluding hydrogens is 444 g/mol. The molecule has 1 aliphatic heterocycles. The standard InChI is InChI=1S/C23H26N4O5S/c1-33(31,32)25-18-8-6-16(7-9-18)21(28)17-10-12-26(13-11-17)14-15-27-22(29)19-4-2-3-5-20(19)24-23(27)30/h2-9,17,25H,10-15H2,1H3,(H,24,30). The maximum atomic E-state index is 12.8. The third kappa shape index (κ3) is 5.40. The summed E-state index contributed by atoms with van der Waals surface area (Å²) in [5, 5.41) is 0.485. The van der Waals surface area contributed by atoms with Crippen LogP contribution in [0.5, 0.6) is 0 Å². The first-order chi connectivity index (χ1) is 15.7. The van der Waals surface area contributed by atoms with E-state index in [4.69, 9.17) is 0 Å². The fraction of sp³-hybridized carbons (Fsp3) is 0.348. The fourth-order valence-corrected chi connectivity index (χ4v) is 4.78. The Morgan fingerprint density at radius 3 is 2.36 bits per heavy atom. The Kier molecular flexibility index (Phi) is 6.48. The molecule has 1 aliphatic rings. The highest BCUT2D eigenvalue weighted by atomic mass is 32.2. The molecule has 2 heterocycles. The molecular formula is C23H26N4O5S. The van der Waals surface area contributed by atoms with Gasteiger partial charge in [-0.05, 0) is 62.3 Å². The highest BCUT2D eigenvalue weighted by Gasteiger charge is 2.26. The van der Waals surface area contributed by atoms with Crippen LogP contribution in [0.1, 0.15) is 23.2 Å². The number of sulfonamides is 1. The van der Waals surface area contributed by atoms with E-state index in [1.807, 2.05) is 0 Å². The molecule has 0 amide bonds. The van der Waals surface area contributed by atoms with Gasteiger partial charge in [-0.25, -0.2) is 13.2 Å². The van der Waals surface area contributed by atoms with E-state index in [1.54, 1.807) is 48.5 Å². The zero-order chi connectivity index (χ0) is 23.6. The van der Waals surface area contributed by atoms with Crippen LogP contribution in [-0.2, 0) is 16.6 Å². The highest BCUT2D eigenvalue weighted by molar-refractivity contribution is 7.92. The van der Waals surface area contributed by atoms with Crippen molar-refractivity contribution in [2.75, 3.05) is 30.6 Å². The van der Waals surface area contributed by atoms with E-state index in [0.29, 0.717) is 54.6 Å². The molecule has 1 aromatic heterocycles. The van der Waals surface area contributed by atoms with E-state index in [-0.39, 0.29) is 23.8 Å². The summed E-state index contributed by atoms with van der Waals surface area (Å²) in [6.07, 6.45) is 2.45. The molecule has 1 saturated heterocycles. The number of aromatic nitrogens is 2. The molecule has 0 bridgehead atoms. The predicted molar refractivity (Wildman–Crippen MR) is 127 cm³/mol. The van der Waals surface area contributed by atoms with Crippen molar-refractivity contribution >= 4 is 32.4 Å². The predicted octanol–water partition coefficient (Wildman–Crippen LogP) is 1.66. The smallest absolute Gasteiger partial charge is 0.307 e. The molecule has 4 rings (SSSR count). The van der Waals surface area contributed by atoms with E-state index in [9.17, 15) is 22.8 Å². The summed E-state index contributed by atoms with van der Waals surface area (Å²) in [7, 11) is -3.36. The van der Waals surface area contributed by atoms with Gasteiger partial charge in [0, 0.05) is 30.3 Å². The van der Waals surface area contributed by atoms with Gasteiger partial charge in [0.05, 0.1) is 17.2 Å². The topological polar surface area (TPSA) is 121 Å². The summed E-state index contributed by atoms with van der Waals surface area (Å²) in [5.74, 6) is -0.0653. The van der Waals surface area contributed by atoms with Crippen LogP contribution in [0, 0.1) is 5.92 Å². The zero-order valence-electron chi connectivity index (χ0n) is 18.3. The summed E-state index contributed by atoms with van der Waals surface area (Å²) in [4.78, 5) is 42.7. The molecule has 2 N–H and O–H groups in total. The lowest BCUT2D eigenvalue weighted by molar-refractivity contribution is 0.0837. The Morgan fingerprint density at radius 1 is 1.03 bits per heavy atom. The molecule has 0 atom stereocenters. The van der Waals surface area contributed by atoms with Crippen molar-refractivity contribution in [3.63, 3.8) is 0 Å². The van der Waals surface area contributed by atoms with E-state index >= 15 is 0 Å². The first kappa shape index (κ1) is 22.9. The SMILES string of the molecule is CS(=O)(=O)Nc1ccc(C(=O)C2CCN(CCn3c(=O)[nH]c4ccccc4c3=O)CC2)cc1. The number of benzene rings is 2. The molecule has 1 fully saturated rings. The lowest BCUT2D eigenvalue weighted by atomic mass is 9.89. The summed E-state index contributed by atoms with van der Waals surface area (Å²) in [6, 6.07) is 13.4. The van der Waals surface area contributed by atoms with E-state index < -0.39 is 15.7 Å². The van der Waals surface area contributed by atoms with Crippen LogP contribution < -0.4 is 16.0 Å². The quantitative estimate of drug-likeness (QED) is 0.507. The minimum absolute atomic E-state index is 0.0442. The Bertz CT molecular complexity index is 1380. The molecule has 33 heavy (non-hydrogen) atoms. The molecule has 0 radical (unpaired) electrons. The number of likely N-dealkylation sites (tertiary alicyclic amines) is 1. The number of nitrogens with one attached hydrogen (secondary N) is 2. The lowest BCUT2D eigenvalue weighted by Gasteiger charge is -2.31. The molecule has 10 heteroatoms. The minimum Gasteiger partial charge on any atom is -0.307 e. The third-order valence-corrected chi connectivity index (χ3v) is 6.57. The third-order valence-electron chi connectivity index (χ3n) is 5.96. The number of piperidine rings is 1. The number of Topliss-reactive ketones (excluding diaryl/α,β-unsaturated/α-hetero) is 1. The molecule has 174 valence electrons. The number of para-hydroxylation sites is 1. The van der Waals surface area contributed by atoms with Crippen LogP contribution >= 0.6 is 0 Å². The van der Waals surface area contributed by atoms with Crippen molar-refractivity contribution in [2.24, 2.45) is 5.92 Å². The summed E-state index contributed by atoms with van der Waals surface area (Å²) in [6.45, 7) is 2.23. The molecule has 3 aromatic rings.